The van der Waals surface area contributed by atoms with E-state index in [1.807, 2.05) is 27.7 Å². The van der Waals surface area contributed by atoms with E-state index in [-0.39, 0.29) is 55.4 Å². The Morgan fingerprint density at radius 2 is 1.38 bits per heavy atom. The van der Waals surface area contributed by atoms with Crippen molar-refractivity contribution in [2.24, 2.45) is 5.92 Å². The van der Waals surface area contributed by atoms with Crippen LogP contribution in [0.4, 0.5) is 4.79 Å². The van der Waals surface area contributed by atoms with Crippen LogP contribution in [0.25, 0.3) is 11.3 Å². The Morgan fingerprint density at radius 3 is 2.00 bits per heavy atom. The Labute approximate surface area is 381 Å². The summed E-state index contributed by atoms with van der Waals surface area (Å²) in [6.07, 6.45) is 6.29. The number of hydrogen-bond acceptors (Lipinski definition) is 14. The Kier molecular flexibility index (Phi) is 26.1. The van der Waals surface area contributed by atoms with E-state index in [4.69, 9.17) is 28.2 Å². The van der Waals surface area contributed by atoms with E-state index < -0.39 is 72.8 Å². The molecule has 1 heterocycles. The highest BCUT2D eigenvalue weighted by Gasteiger charge is 2.34. The summed E-state index contributed by atoms with van der Waals surface area (Å²) in [7, 11) is 0. The summed E-state index contributed by atoms with van der Waals surface area (Å²) in [5, 5.41) is 11.2. The molecule has 0 aliphatic heterocycles. The van der Waals surface area contributed by atoms with Crippen molar-refractivity contribution in [3.05, 3.63) is 41.7 Å². The number of esters is 3. The van der Waals surface area contributed by atoms with Crippen LogP contribution in [-0.2, 0) is 43.0 Å². The fraction of sp³-hybridized carbons (Fsp3) is 0.609. The number of carbonyl (C=O) groups excluding carboxylic acids is 8. The van der Waals surface area contributed by atoms with E-state index in [9.17, 15) is 38.4 Å². The quantitative estimate of drug-likeness (QED) is 0.0161. The topological polar surface area (TPSA) is 247 Å². The van der Waals surface area contributed by atoms with E-state index in [0.29, 0.717) is 50.5 Å². The second-order valence-electron chi connectivity index (χ2n) is 15.5. The minimum absolute atomic E-state index is 0.0881. The standard InChI is InChI=1S/C46H69N5O14/c1-8-13-17-18-33(36(12-5)51(30-52)65-46(59)49-31(6)7)42(55)47-29-48-44(57)38-22-21-37(64-38)32-19-20-34(39(26-32)63-28-41(54)61-24-15-10-3)43(56)50-35(45(58)62-25-16-11-4)27-40(53)60-23-14-9-2/h19-22,26,30-31,33,35-36H,8-18,23-25,27-29H2,1-7H3,(H,47,55)(H,48,57)(H,49,59)(H,50,56)/t33-,35+,36-/m1/s1. The smallest absolute Gasteiger partial charge is 0.431 e. The SMILES string of the molecule is CCCCC[C@@H](C(=O)NCNC(=O)c1ccc(-c2ccc(C(=O)N[C@@H](CC(=O)OCCCC)C(=O)OCCCC)c(OCC(=O)OCCCC)c2)o1)[C@@H](CC)N(C=O)OC(=O)NC(C)C. The van der Waals surface area contributed by atoms with Gasteiger partial charge < -0.3 is 49.5 Å². The lowest BCUT2D eigenvalue weighted by Crippen LogP contribution is -2.50. The fourth-order valence-electron chi connectivity index (χ4n) is 6.22. The summed E-state index contributed by atoms with van der Waals surface area (Å²) in [5.74, 6) is -4.99. The van der Waals surface area contributed by atoms with Gasteiger partial charge in [0, 0.05) is 11.6 Å². The molecule has 0 fully saturated rings. The van der Waals surface area contributed by atoms with Crippen LogP contribution < -0.4 is 26.0 Å². The van der Waals surface area contributed by atoms with Gasteiger partial charge in [0.05, 0.1) is 50.4 Å². The van der Waals surface area contributed by atoms with Crippen LogP contribution in [0.15, 0.2) is 34.7 Å². The van der Waals surface area contributed by atoms with Gasteiger partial charge in [-0.25, -0.2) is 14.4 Å². The fourth-order valence-corrected chi connectivity index (χ4v) is 6.22. The highest BCUT2D eigenvalue weighted by atomic mass is 16.7. The van der Waals surface area contributed by atoms with Crippen molar-refractivity contribution < 1.29 is 66.6 Å². The predicted octanol–water partition coefficient (Wildman–Crippen LogP) is 6.13. The normalized spacial score (nSPS) is 12.2. The van der Waals surface area contributed by atoms with E-state index in [2.05, 4.69) is 21.3 Å². The maximum Gasteiger partial charge on any atom is 0.431 e. The summed E-state index contributed by atoms with van der Waals surface area (Å²) in [4.78, 5) is 108. The first kappa shape index (κ1) is 55.0. The molecule has 0 bridgehead atoms. The number of nitrogens with zero attached hydrogens (tertiary/aromatic N) is 1. The highest BCUT2D eigenvalue weighted by Crippen LogP contribution is 2.30. The lowest BCUT2D eigenvalue weighted by molar-refractivity contribution is -0.169. The van der Waals surface area contributed by atoms with Crippen LogP contribution in [0.2, 0.25) is 0 Å². The van der Waals surface area contributed by atoms with Gasteiger partial charge in [-0.3, -0.25) is 24.0 Å². The molecule has 1 aromatic carbocycles. The third-order valence-electron chi connectivity index (χ3n) is 9.79. The molecule has 0 unspecified atom stereocenters. The van der Waals surface area contributed by atoms with Crippen LogP contribution >= 0.6 is 0 Å². The lowest BCUT2D eigenvalue weighted by atomic mass is 9.90. The van der Waals surface area contributed by atoms with Gasteiger partial charge in [-0.05, 0) is 70.2 Å². The van der Waals surface area contributed by atoms with Crippen LogP contribution in [0.3, 0.4) is 0 Å². The van der Waals surface area contributed by atoms with Crippen LogP contribution in [0.5, 0.6) is 5.75 Å². The lowest BCUT2D eigenvalue weighted by Gasteiger charge is -2.32. The van der Waals surface area contributed by atoms with E-state index >= 15 is 0 Å². The second-order valence-corrected chi connectivity index (χ2v) is 15.5. The molecule has 65 heavy (non-hydrogen) atoms. The monoisotopic (exact) mass is 915 g/mol. The molecule has 0 spiro atoms. The Hall–Kier alpha value is -6.14. The maximum absolute atomic E-state index is 13.8. The minimum Gasteiger partial charge on any atom is -0.481 e. The number of unbranched alkanes of at least 4 members (excludes halogenated alkanes) is 5. The van der Waals surface area contributed by atoms with Gasteiger partial charge in [-0.2, -0.15) is 5.06 Å². The molecule has 19 heteroatoms. The van der Waals surface area contributed by atoms with Crippen molar-refractivity contribution >= 4 is 48.1 Å². The molecular formula is C46H69N5O14. The molecule has 3 atom stereocenters. The summed E-state index contributed by atoms with van der Waals surface area (Å²) in [6, 6.07) is 4.75. The largest absolute Gasteiger partial charge is 0.481 e. The zero-order chi connectivity index (χ0) is 48.1. The molecule has 1 aromatic heterocycles. The maximum atomic E-state index is 13.8. The van der Waals surface area contributed by atoms with Crippen LogP contribution in [0, 0.1) is 5.92 Å². The van der Waals surface area contributed by atoms with Crippen molar-refractivity contribution in [3.63, 3.8) is 0 Å². The number of ether oxygens (including phenoxy) is 4. The third-order valence-corrected chi connectivity index (χ3v) is 9.79. The molecule has 0 saturated carbocycles. The van der Waals surface area contributed by atoms with Gasteiger partial charge >= 0.3 is 24.0 Å². The average molecular weight is 916 g/mol. The molecule has 0 aliphatic carbocycles. The Balaban J connectivity index is 2.31. The number of hydrogen-bond donors (Lipinski definition) is 4. The average Bonchev–Trinajstić information content (AvgIpc) is 3.78. The molecule has 0 saturated heterocycles. The first-order valence-electron chi connectivity index (χ1n) is 22.7. The minimum atomic E-state index is -1.39. The number of carbonyl (C=O) groups is 8. The van der Waals surface area contributed by atoms with Gasteiger partial charge in [-0.1, -0.05) is 79.2 Å². The summed E-state index contributed by atoms with van der Waals surface area (Å²) < 4.78 is 27.4. The molecule has 19 nitrogen and oxygen atoms in total. The van der Waals surface area contributed by atoms with Gasteiger partial charge in [0.2, 0.25) is 12.3 Å². The van der Waals surface area contributed by atoms with Crippen molar-refractivity contribution in [1.82, 2.24) is 26.3 Å². The van der Waals surface area contributed by atoms with Crippen LogP contribution in [0.1, 0.15) is 146 Å². The summed E-state index contributed by atoms with van der Waals surface area (Å²) in [5.41, 5.74) is 0.240. The first-order chi connectivity index (χ1) is 31.2. The molecule has 362 valence electrons. The number of amides is 5. The molecule has 2 rings (SSSR count). The molecular weight excluding hydrogens is 847 g/mol. The Morgan fingerprint density at radius 1 is 0.738 bits per heavy atom. The molecule has 4 N–H and O–H groups in total. The van der Waals surface area contributed by atoms with Gasteiger partial charge in [0.15, 0.2) is 12.4 Å². The molecule has 0 radical (unpaired) electrons. The van der Waals surface area contributed by atoms with Gasteiger partial charge in [-0.15, -0.1) is 0 Å². The van der Waals surface area contributed by atoms with Gasteiger partial charge in [0.25, 0.3) is 11.8 Å². The summed E-state index contributed by atoms with van der Waals surface area (Å²) >= 11 is 0. The number of furan rings is 1. The van der Waals surface area contributed by atoms with Crippen molar-refractivity contribution in [3.8, 4) is 17.1 Å². The number of nitrogens with one attached hydrogen (secondary N) is 4. The Bertz CT molecular complexity index is 1830. The summed E-state index contributed by atoms with van der Waals surface area (Å²) in [6.45, 7) is 12.6. The zero-order valence-corrected chi connectivity index (χ0v) is 39.0. The van der Waals surface area contributed by atoms with E-state index in [1.165, 1.54) is 30.3 Å². The number of hydroxylamine groups is 2. The predicted molar refractivity (Wildman–Crippen MR) is 238 cm³/mol. The van der Waals surface area contributed by atoms with E-state index in [0.717, 1.165) is 37.2 Å². The van der Waals surface area contributed by atoms with Crippen LogP contribution in [-0.4, -0.2) is 104 Å². The zero-order valence-electron chi connectivity index (χ0n) is 39.0. The second kappa shape index (κ2) is 30.9. The van der Waals surface area contributed by atoms with Gasteiger partial charge in [0.1, 0.15) is 17.6 Å². The molecule has 0 aliphatic rings. The van der Waals surface area contributed by atoms with Crippen molar-refractivity contribution in [2.75, 3.05) is 33.1 Å². The van der Waals surface area contributed by atoms with E-state index in [1.54, 1.807) is 20.8 Å². The molecule has 5 amide bonds. The highest BCUT2D eigenvalue weighted by molar-refractivity contribution is 6.00. The first-order valence-corrected chi connectivity index (χ1v) is 22.7. The molecule has 2 aromatic rings. The van der Waals surface area contributed by atoms with Crippen molar-refractivity contribution in [2.45, 2.75) is 144 Å². The van der Waals surface area contributed by atoms with Crippen molar-refractivity contribution in [1.29, 1.82) is 0 Å². The third kappa shape index (κ3) is 20.1. The number of rotatable bonds is 32. The number of benzene rings is 1.